The van der Waals surface area contributed by atoms with Gasteiger partial charge in [-0.05, 0) is 37.0 Å². The summed E-state index contributed by atoms with van der Waals surface area (Å²) in [5, 5.41) is 6.14. The van der Waals surface area contributed by atoms with E-state index in [1.165, 1.54) is 5.56 Å². The Morgan fingerprint density at radius 1 is 1.20 bits per heavy atom. The summed E-state index contributed by atoms with van der Waals surface area (Å²) in [7, 11) is 1.66. The number of carbonyl (C=O) groups is 1. The zero-order chi connectivity index (χ0) is 18.2. The van der Waals surface area contributed by atoms with Crippen LogP contribution < -0.4 is 15.4 Å². The minimum atomic E-state index is -0.169. The lowest BCUT2D eigenvalue weighted by atomic mass is 10.1. The van der Waals surface area contributed by atoms with E-state index in [2.05, 4.69) is 34.4 Å². The number of hydrogen-bond donors (Lipinski definition) is 2. The van der Waals surface area contributed by atoms with Crippen LogP contribution in [0.15, 0.2) is 30.3 Å². The molecule has 0 unspecified atom stereocenters. The minimum absolute atomic E-state index is 0.169. The van der Waals surface area contributed by atoms with Crippen LogP contribution >= 0.6 is 0 Å². The van der Waals surface area contributed by atoms with Crippen molar-refractivity contribution in [3.8, 4) is 5.75 Å². The third kappa shape index (κ3) is 6.06. The molecule has 0 fully saturated rings. The zero-order valence-corrected chi connectivity index (χ0v) is 15.3. The highest BCUT2D eigenvalue weighted by Crippen LogP contribution is 2.12. The Morgan fingerprint density at radius 2 is 1.92 bits per heavy atom. The van der Waals surface area contributed by atoms with Gasteiger partial charge in [0, 0.05) is 19.2 Å². The number of rotatable bonds is 8. The van der Waals surface area contributed by atoms with Gasteiger partial charge in [-0.15, -0.1) is 0 Å². The summed E-state index contributed by atoms with van der Waals surface area (Å²) in [4.78, 5) is 20.7. The van der Waals surface area contributed by atoms with Gasteiger partial charge in [0.2, 0.25) is 0 Å². The first kappa shape index (κ1) is 18.7. The molecule has 1 heterocycles. The van der Waals surface area contributed by atoms with E-state index in [-0.39, 0.29) is 5.91 Å². The van der Waals surface area contributed by atoms with Crippen LogP contribution in [0.1, 0.15) is 35.7 Å². The second-order valence-corrected chi connectivity index (χ2v) is 6.31. The van der Waals surface area contributed by atoms with Crippen molar-refractivity contribution in [2.75, 3.05) is 25.5 Å². The van der Waals surface area contributed by atoms with Crippen LogP contribution in [-0.2, 0) is 6.42 Å². The van der Waals surface area contributed by atoms with Crippen molar-refractivity contribution in [1.82, 2.24) is 15.3 Å². The highest BCUT2D eigenvalue weighted by Gasteiger charge is 2.10. The maximum atomic E-state index is 12.2. The molecule has 2 N–H and O–H groups in total. The molecule has 25 heavy (non-hydrogen) atoms. The molecule has 6 nitrogen and oxygen atoms in total. The molecule has 0 radical (unpaired) electrons. The Hall–Kier alpha value is -2.63. The number of methoxy groups -OCH3 is 1. The quantitative estimate of drug-likeness (QED) is 0.771. The molecular weight excluding hydrogens is 316 g/mol. The van der Waals surface area contributed by atoms with E-state index in [0.717, 1.165) is 18.7 Å². The monoisotopic (exact) mass is 342 g/mol. The summed E-state index contributed by atoms with van der Waals surface area (Å²) in [6.45, 7) is 7.24. The van der Waals surface area contributed by atoms with Crippen LogP contribution in [0, 0.1) is 12.8 Å². The molecule has 0 bridgehead atoms. The molecule has 134 valence electrons. The molecule has 2 aromatic rings. The second-order valence-electron chi connectivity index (χ2n) is 6.31. The van der Waals surface area contributed by atoms with Crippen LogP contribution in [0.4, 0.5) is 5.82 Å². The Bertz CT molecular complexity index is 699. The van der Waals surface area contributed by atoms with E-state index < -0.39 is 0 Å². The molecule has 1 amide bonds. The van der Waals surface area contributed by atoms with Crippen molar-refractivity contribution in [2.45, 2.75) is 27.2 Å². The molecule has 0 saturated carbocycles. The van der Waals surface area contributed by atoms with Gasteiger partial charge in [-0.3, -0.25) is 4.79 Å². The number of nitrogens with zero attached hydrogens (tertiary/aromatic N) is 2. The van der Waals surface area contributed by atoms with Gasteiger partial charge in [-0.2, -0.15) is 0 Å². The molecule has 1 aromatic heterocycles. The Balaban J connectivity index is 1.93. The molecule has 2 rings (SSSR count). The standard InChI is InChI=1S/C19H26N4O2/c1-13(2)12-21-19(24)17-11-18(23-14(3)22-17)20-10-9-15-5-7-16(25-4)8-6-15/h5-8,11,13H,9-10,12H2,1-4H3,(H,21,24)(H,20,22,23). The maximum Gasteiger partial charge on any atom is 0.270 e. The van der Waals surface area contributed by atoms with Gasteiger partial charge in [0.25, 0.3) is 5.91 Å². The van der Waals surface area contributed by atoms with Gasteiger partial charge >= 0.3 is 0 Å². The van der Waals surface area contributed by atoms with Crippen LogP contribution in [0.25, 0.3) is 0 Å². The Labute approximate surface area is 149 Å². The van der Waals surface area contributed by atoms with Crippen molar-refractivity contribution >= 4 is 11.7 Å². The fourth-order valence-corrected chi connectivity index (χ4v) is 2.29. The molecule has 0 saturated heterocycles. The topological polar surface area (TPSA) is 76.1 Å². The van der Waals surface area contributed by atoms with Gasteiger partial charge in [-0.25, -0.2) is 9.97 Å². The van der Waals surface area contributed by atoms with Crippen LogP contribution in [-0.4, -0.2) is 36.1 Å². The smallest absolute Gasteiger partial charge is 0.270 e. The van der Waals surface area contributed by atoms with Gasteiger partial charge in [0.1, 0.15) is 23.1 Å². The van der Waals surface area contributed by atoms with Crippen LogP contribution in [0.3, 0.4) is 0 Å². The van der Waals surface area contributed by atoms with Crippen molar-refractivity contribution in [3.63, 3.8) is 0 Å². The van der Waals surface area contributed by atoms with E-state index in [1.54, 1.807) is 20.1 Å². The fourth-order valence-electron chi connectivity index (χ4n) is 2.29. The van der Waals surface area contributed by atoms with E-state index in [4.69, 9.17) is 4.74 Å². The lowest BCUT2D eigenvalue weighted by Crippen LogP contribution is -2.28. The molecule has 0 aliphatic carbocycles. The first-order valence-electron chi connectivity index (χ1n) is 8.48. The van der Waals surface area contributed by atoms with Crippen molar-refractivity contribution in [1.29, 1.82) is 0 Å². The van der Waals surface area contributed by atoms with Gasteiger partial charge in [-0.1, -0.05) is 26.0 Å². The van der Waals surface area contributed by atoms with Crippen molar-refractivity contribution in [3.05, 3.63) is 47.4 Å². The summed E-state index contributed by atoms with van der Waals surface area (Å²) in [5.74, 6) is 2.31. The SMILES string of the molecule is COc1ccc(CCNc2cc(C(=O)NCC(C)C)nc(C)n2)cc1. The number of aryl methyl sites for hydroxylation is 1. The summed E-state index contributed by atoms with van der Waals surface area (Å²) in [5.41, 5.74) is 1.59. The second kappa shape index (κ2) is 9.01. The predicted molar refractivity (Wildman–Crippen MR) is 99.1 cm³/mol. The number of amides is 1. The molecule has 0 atom stereocenters. The number of anilines is 1. The van der Waals surface area contributed by atoms with E-state index in [9.17, 15) is 4.79 Å². The van der Waals surface area contributed by atoms with Gasteiger partial charge in [0.05, 0.1) is 7.11 Å². The number of nitrogens with one attached hydrogen (secondary N) is 2. The third-order valence-corrected chi connectivity index (χ3v) is 3.62. The maximum absolute atomic E-state index is 12.2. The Kier molecular flexibility index (Phi) is 6.74. The first-order chi connectivity index (χ1) is 12.0. The highest BCUT2D eigenvalue weighted by atomic mass is 16.5. The fraction of sp³-hybridized carbons (Fsp3) is 0.421. The number of aromatic nitrogens is 2. The lowest BCUT2D eigenvalue weighted by molar-refractivity contribution is 0.0943. The van der Waals surface area contributed by atoms with Crippen LogP contribution in [0.2, 0.25) is 0 Å². The lowest BCUT2D eigenvalue weighted by Gasteiger charge is -2.10. The normalized spacial score (nSPS) is 10.6. The van der Waals surface area contributed by atoms with Crippen molar-refractivity contribution in [2.24, 2.45) is 5.92 Å². The highest BCUT2D eigenvalue weighted by molar-refractivity contribution is 5.92. The third-order valence-electron chi connectivity index (χ3n) is 3.62. The summed E-state index contributed by atoms with van der Waals surface area (Å²) < 4.78 is 5.16. The van der Waals surface area contributed by atoms with Gasteiger partial charge in [0.15, 0.2) is 0 Å². The number of carbonyl (C=O) groups excluding carboxylic acids is 1. The largest absolute Gasteiger partial charge is 0.497 e. The first-order valence-corrected chi connectivity index (χ1v) is 8.48. The molecule has 6 heteroatoms. The summed E-state index contributed by atoms with van der Waals surface area (Å²) in [6.07, 6.45) is 0.849. The predicted octanol–water partition coefficient (Wildman–Crippen LogP) is 2.83. The van der Waals surface area contributed by atoms with E-state index in [1.807, 2.05) is 24.3 Å². The number of ether oxygens (including phenoxy) is 1. The minimum Gasteiger partial charge on any atom is -0.497 e. The van der Waals surface area contributed by atoms with Gasteiger partial charge < -0.3 is 15.4 Å². The average Bonchev–Trinajstić information content (AvgIpc) is 2.59. The van der Waals surface area contributed by atoms with Crippen molar-refractivity contribution < 1.29 is 9.53 Å². The number of hydrogen-bond acceptors (Lipinski definition) is 5. The molecule has 0 spiro atoms. The zero-order valence-electron chi connectivity index (χ0n) is 15.3. The number of benzene rings is 1. The van der Waals surface area contributed by atoms with Crippen LogP contribution in [0.5, 0.6) is 5.75 Å². The Morgan fingerprint density at radius 3 is 2.56 bits per heavy atom. The molecule has 1 aromatic carbocycles. The average molecular weight is 342 g/mol. The van der Waals surface area contributed by atoms with E-state index in [0.29, 0.717) is 29.8 Å². The van der Waals surface area contributed by atoms with E-state index >= 15 is 0 Å². The molecule has 0 aliphatic rings. The molecular formula is C19H26N4O2. The molecule has 0 aliphatic heterocycles. The summed E-state index contributed by atoms with van der Waals surface area (Å²) in [6, 6.07) is 9.66. The summed E-state index contributed by atoms with van der Waals surface area (Å²) >= 11 is 0.